The smallest absolute Gasteiger partial charge is 0.324 e. The Morgan fingerprint density at radius 1 is 1.45 bits per heavy atom. The molecule has 108 valence electrons. The summed E-state index contributed by atoms with van der Waals surface area (Å²) >= 11 is 0. The summed E-state index contributed by atoms with van der Waals surface area (Å²) in [7, 11) is 1.77. The van der Waals surface area contributed by atoms with Crippen molar-refractivity contribution in [1.82, 2.24) is 4.90 Å². The molecular formula is C14H19N3O3. The third-order valence-corrected chi connectivity index (χ3v) is 3.50. The standard InChI is InChI=1S/C14H19N3O3/c1-16-7-8-17(14(16)20)11-4-2-3-10(9-11)12(15)5-6-13(18)19/h2-4,9,12H,5-8,15H2,1H3,(H,18,19). The number of amides is 2. The molecular weight excluding hydrogens is 258 g/mol. The quantitative estimate of drug-likeness (QED) is 0.852. The molecule has 2 rings (SSSR count). The van der Waals surface area contributed by atoms with Crippen molar-refractivity contribution in [3.8, 4) is 0 Å². The summed E-state index contributed by atoms with van der Waals surface area (Å²) in [6, 6.07) is 7.08. The minimum atomic E-state index is -0.854. The molecule has 3 N–H and O–H groups in total. The number of carboxylic acids is 1. The Labute approximate surface area is 117 Å². The first-order valence-corrected chi connectivity index (χ1v) is 6.59. The molecule has 0 radical (unpaired) electrons. The number of nitrogens with two attached hydrogens (primary N) is 1. The number of aliphatic carboxylic acids is 1. The maximum Gasteiger partial charge on any atom is 0.324 e. The highest BCUT2D eigenvalue weighted by Gasteiger charge is 2.26. The van der Waals surface area contributed by atoms with E-state index in [9.17, 15) is 9.59 Å². The molecule has 1 aliphatic rings. The number of carbonyl (C=O) groups excluding carboxylic acids is 1. The van der Waals surface area contributed by atoms with E-state index in [2.05, 4.69) is 0 Å². The van der Waals surface area contributed by atoms with Crippen LogP contribution >= 0.6 is 0 Å². The van der Waals surface area contributed by atoms with Gasteiger partial charge in [0.1, 0.15) is 0 Å². The van der Waals surface area contributed by atoms with E-state index in [1.807, 2.05) is 24.3 Å². The predicted octanol–water partition coefficient (Wildman–Crippen LogP) is 1.42. The van der Waals surface area contributed by atoms with Crippen LogP contribution in [0.3, 0.4) is 0 Å². The fourth-order valence-corrected chi connectivity index (χ4v) is 2.26. The van der Waals surface area contributed by atoms with E-state index < -0.39 is 5.97 Å². The number of rotatable bonds is 5. The fraction of sp³-hybridized carbons (Fsp3) is 0.429. The zero-order chi connectivity index (χ0) is 14.7. The molecule has 6 heteroatoms. The van der Waals surface area contributed by atoms with Crippen LogP contribution in [-0.4, -0.2) is 42.1 Å². The van der Waals surface area contributed by atoms with Gasteiger partial charge < -0.3 is 15.7 Å². The zero-order valence-electron chi connectivity index (χ0n) is 11.5. The van der Waals surface area contributed by atoms with Crippen molar-refractivity contribution in [2.24, 2.45) is 5.73 Å². The third kappa shape index (κ3) is 3.08. The Morgan fingerprint density at radius 3 is 2.80 bits per heavy atom. The highest BCUT2D eigenvalue weighted by Crippen LogP contribution is 2.24. The van der Waals surface area contributed by atoms with Gasteiger partial charge in [0.2, 0.25) is 0 Å². The van der Waals surface area contributed by atoms with Crippen molar-refractivity contribution < 1.29 is 14.7 Å². The van der Waals surface area contributed by atoms with Gasteiger partial charge in [0.15, 0.2) is 0 Å². The predicted molar refractivity (Wildman–Crippen MR) is 75.6 cm³/mol. The molecule has 1 unspecified atom stereocenters. The van der Waals surface area contributed by atoms with Gasteiger partial charge in [-0.3, -0.25) is 9.69 Å². The first-order chi connectivity index (χ1) is 9.49. The number of benzene rings is 1. The lowest BCUT2D eigenvalue weighted by atomic mass is 10.0. The van der Waals surface area contributed by atoms with Crippen LogP contribution in [-0.2, 0) is 4.79 Å². The van der Waals surface area contributed by atoms with Gasteiger partial charge >= 0.3 is 12.0 Å². The Kier molecular flexibility index (Phi) is 4.24. The lowest BCUT2D eigenvalue weighted by Gasteiger charge is -2.18. The monoisotopic (exact) mass is 277 g/mol. The second-order valence-electron chi connectivity index (χ2n) is 4.99. The molecule has 0 spiro atoms. The van der Waals surface area contributed by atoms with Crippen molar-refractivity contribution in [2.45, 2.75) is 18.9 Å². The van der Waals surface area contributed by atoms with Crippen LogP contribution in [0.5, 0.6) is 0 Å². The van der Waals surface area contributed by atoms with E-state index in [0.717, 1.165) is 11.3 Å². The third-order valence-electron chi connectivity index (χ3n) is 3.50. The van der Waals surface area contributed by atoms with E-state index in [1.165, 1.54) is 0 Å². The minimum Gasteiger partial charge on any atom is -0.481 e. The first kappa shape index (κ1) is 14.3. The van der Waals surface area contributed by atoms with Crippen molar-refractivity contribution in [1.29, 1.82) is 0 Å². The summed E-state index contributed by atoms with van der Waals surface area (Å²) in [5.74, 6) is -0.854. The summed E-state index contributed by atoms with van der Waals surface area (Å²) < 4.78 is 0. The van der Waals surface area contributed by atoms with Crippen molar-refractivity contribution in [3.63, 3.8) is 0 Å². The molecule has 1 heterocycles. The van der Waals surface area contributed by atoms with E-state index in [1.54, 1.807) is 16.8 Å². The number of nitrogens with zero attached hydrogens (tertiary/aromatic N) is 2. The number of carbonyl (C=O) groups is 2. The highest BCUT2D eigenvalue weighted by molar-refractivity contribution is 5.94. The van der Waals surface area contributed by atoms with E-state index in [0.29, 0.717) is 19.5 Å². The molecule has 2 amide bonds. The molecule has 1 aromatic rings. The van der Waals surface area contributed by atoms with Gasteiger partial charge in [0.25, 0.3) is 0 Å². The summed E-state index contributed by atoms with van der Waals surface area (Å²) in [4.78, 5) is 25.9. The fourth-order valence-electron chi connectivity index (χ4n) is 2.26. The second-order valence-corrected chi connectivity index (χ2v) is 4.99. The SMILES string of the molecule is CN1CCN(c2cccc(C(N)CCC(=O)O)c2)C1=O. The van der Waals surface area contributed by atoms with Gasteiger partial charge in [0.05, 0.1) is 0 Å². The molecule has 1 aliphatic heterocycles. The summed E-state index contributed by atoms with van der Waals surface area (Å²) in [5, 5.41) is 8.69. The van der Waals surface area contributed by atoms with Crippen molar-refractivity contribution >= 4 is 17.7 Å². The molecule has 1 fully saturated rings. The molecule has 6 nitrogen and oxygen atoms in total. The van der Waals surface area contributed by atoms with Crippen LogP contribution in [0.1, 0.15) is 24.4 Å². The number of urea groups is 1. The molecule has 1 atom stereocenters. The molecule has 0 bridgehead atoms. The lowest BCUT2D eigenvalue weighted by Crippen LogP contribution is -2.29. The summed E-state index contributed by atoms with van der Waals surface area (Å²) in [5.41, 5.74) is 7.66. The minimum absolute atomic E-state index is 0.0266. The van der Waals surface area contributed by atoms with Crippen LogP contribution in [0, 0.1) is 0 Å². The molecule has 0 aliphatic carbocycles. The molecule has 1 saturated heterocycles. The summed E-state index contributed by atoms with van der Waals surface area (Å²) in [6.45, 7) is 1.36. The average molecular weight is 277 g/mol. The number of hydrogen-bond donors (Lipinski definition) is 2. The van der Waals surface area contributed by atoms with Crippen LogP contribution in [0.25, 0.3) is 0 Å². The van der Waals surface area contributed by atoms with E-state index >= 15 is 0 Å². The van der Waals surface area contributed by atoms with Gasteiger partial charge in [-0.2, -0.15) is 0 Å². The Hall–Kier alpha value is -2.08. The average Bonchev–Trinajstić information content (AvgIpc) is 2.76. The second kappa shape index (κ2) is 5.92. The normalized spacial score (nSPS) is 16.6. The number of likely N-dealkylation sites (N-methyl/N-ethyl adjacent to an activating group) is 1. The molecule has 1 aromatic carbocycles. The van der Waals surface area contributed by atoms with Crippen molar-refractivity contribution in [3.05, 3.63) is 29.8 Å². The number of anilines is 1. The maximum atomic E-state index is 11.9. The van der Waals surface area contributed by atoms with Crippen LogP contribution in [0.15, 0.2) is 24.3 Å². The van der Waals surface area contributed by atoms with Crippen LogP contribution < -0.4 is 10.6 Å². The van der Waals surface area contributed by atoms with E-state index in [4.69, 9.17) is 10.8 Å². The first-order valence-electron chi connectivity index (χ1n) is 6.59. The summed E-state index contributed by atoms with van der Waals surface area (Å²) in [6.07, 6.45) is 0.420. The highest BCUT2D eigenvalue weighted by atomic mass is 16.4. The van der Waals surface area contributed by atoms with Crippen LogP contribution in [0.4, 0.5) is 10.5 Å². The Morgan fingerprint density at radius 2 is 2.20 bits per heavy atom. The van der Waals surface area contributed by atoms with Gasteiger partial charge in [-0.25, -0.2) is 4.79 Å². The Bertz CT molecular complexity index is 518. The van der Waals surface area contributed by atoms with Crippen molar-refractivity contribution in [2.75, 3.05) is 25.0 Å². The molecule has 0 saturated carbocycles. The van der Waals surface area contributed by atoms with Crippen LogP contribution in [0.2, 0.25) is 0 Å². The largest absolute Gasteiger partial charge is 0.481 e. The number of carboxylic acid groups (broad SMARTS) is 1. The topological polar surface area (TPSA) is 86.9 Å². The van der Waals surface area contributed by atoms with Gasteiger partial charge in [-0.15, -0.1) is 0 Å². The van der Waals surface area contributed by atoms with Gasteiger partial charge in [-0.1, -0.05) is 12.1 Å². The number of hydrogen-bond acceptors (Lipinski definition) is 3. The lowest BCUT2D eigenvalue weighted by molar-refractivity contribution is -0.137. The van der Waals surface area contributed by atoms with E-state index in [-0.39, 0.29) is 18.5 Å². The van der Waals surface area contributed by atoms with Gasteiger partial charge in [0, 0.05) is 38.3 Å². The molecule has 20 heavy (non-hydrogen) atoms. The maximum absolute atomic E-state index is 11.9. The van der Waals surface area contributed by atoms with Gasteiger partial charge in [-0.05, 0) is 24.1 Å². The Balaban J connectivity index is 2.11. The molecule has 0 aromatic heterocycles. The zero-order valence-corrected chi connectivity index (χ0v) is 11.5.